The van der Waals surface area contributed by atoms with Gasteiger partial charge in [-0.15, -0.1) is 0 Å². The topological polar surface area (TPSA) is 59.9 Å². The third kappa shape index (κ3) is 6.49. The van der Waals surface area contributed by atoms with Crippen molar-refractivity contribution in [3.8, 4) is 11.5 Å². The van der Waals surface area contributed by atoms with Crippen molar-refractivity contribution in [1.29, 1.82) is 0 Å². The first-order valence-corrected chi connectivity index (χ1v) is 10.7. The number of hydrogen-bond donors (Lipinski definition) is 1. The number of carbonyl (C=O) groups excluding carboxylic acids is 1. The van der Waals surface area contributed by atoms with Crippen molar-refractivity contribution in [2.45, 2.75) is 26.9 Å². The van der Waals surface area contributed by atoms with E-state index in [-0.39, 0.29) is 12.3 Å². The average Bonchev–Trinajstić information content (AvgIpc) is 2.74. The molecule has 0 spiro atoms. The maximum absolute atomic E-state index is 12.2. The summed E-state index contributed by atoms with van der Waals surface area (Å²) in [6, 6.07) is 16.8. The third-order valence-corrected chi connectivity index (χ3v) is 5.29. The molecule has 3 aromatic carbocycles. The van der Waals surface area contributed by atoms with Gasteiger partial charge in [0.25, 0.3) is 0 Å². The van der Waals surface area contributed by atoms with E-state index in [1.54, 1.807) is 18.2 Å². The van der Waals surface area contributed by atoms with Gasteiger partial charge in [0.15, 0.2) is 11.5 Å². The quantitative estimate of drug-likeness (QED) is 0.329. The summed E-state index contributed by atoms with van der Waals surface area (Å²) in [6.45, 7) is 4.30. The SMILES string of the molecule is COc1cc(/C=N/NC(=O)Cc2ccc(C)cc2C)cc(Cl)c1OCc1cccc(Cl)c1. The van der Waals surface area contributed by atoms with Gasteiger partial charge in [0.2, 0.25) is 5.91 Å². The second-order valence-electron chi connectivity index (χ2n) is 7.35. The zero-order chi connectivity index (χ0) is 23.1. The van der Waals surface area contributed by atoms with Gasteiger partial charge in [-0.1, -0.05) is 59.1 Å². The van der Waals surface area contributed by atoms with E-state index in [0.717, 1.165) is 22.3 Å². The molecule has 1 amide bonds. The third-order valence-electron chi connectivity index (χ3n) is 4.78. The molecule has 0 atom stereocenters. The predicted octanol–water partition coefficient (Wildman–Crippen LogP) is 5.89. The number of rotatable bonds is 8. The van der Waals surface area contributed by atoms with Gasteiger partial charge in [0, 0.05) is 5.02 Å². The van der Waals surface area contributed by atoms with Crippen molar-refractivity contribution in [2.75, 3.05) is 7.11 Å². The van der Waals surface area contributed by atoms with Crippen molar-refractivity contribution in [1.82, 2.24) is 5.43 Å². The van der Waals surface area contributed by atoms with Crippen LogP contribution in [0.3, 0.4) is 0 Å². The lowest BCUT2D eigenvalue weighted by molar-refractivity contribution is -0.120. The molecule has 32 heavy (non-hydrogen) atoms. The number of hydrogen-bond acceptors (Lipinski definition) is 4. The Balaban J connectivity index is 1.64. The number of amides is 1. The van der Waals surface area contributed by atoms with Gasteiger partial charge in [-0.25, -0.2) is 5.43 Å². The average molecular weight is 471 g/mol. The lowest BCUT2D eigenvalue weighted by Crippen LogP contribution is -2.20. The lowest BCUT2D eigenvalue weighted by atomic mass is 10.0. The molecule has 0 heterocycles. The largest absolute Gasteiger partial charge is 0.493 e. The van der Waals surface area contributed by atoms with Crippen LogP contribution >= 0.6 is 23.2 Å². The number of halogens is 2. The zero-order valence-corrected chi connectivity index (χ0v) is 19.6. The first kappa shape index (κ1) is 23.6. The highest BCUT2D eigenvalue weighted by atomic mass is 35.5. The van der Waals surface area contributed by atoms with Crippen LogP contribution in [0, 0.1) is 13.8 Å². The molecular weight excluding hydrogens is 447 g/mol. The Morgan fingerprint density at radius 2 is 1.91 bits per heavy atom. The molecule has 0 aliphatic heterocycles. The van der Waals surface area contributed by atoms with E-state index in [0.29, 0.717) is 33.7 Å². The number of hydrazone groups is 1. The molecule has 0 aromatic heterocycles. The van der Waals surface area contributed by atoms with Crippen molar-refractivity contribution in [3.05, 3.63) is 92.5 Å². The zero-order valence-electron chi connectivity index (χ0n) is 18.1. The molecule has 7 heteroatoms. The highest BCUT2D eigenvalue weighted by molar-refractivity contribution is 6.32. The second kappa shape index (κ2) is 11.0. The standard InChI is InChI=1S/C25H24Cl2N2O3/c1-16-7-8-20(17(2)9-16)13-24(30)29-28-14-19-11-22(27)25(23(12-19)31-3)32-15-18-5-4-6-21(26)10-18/h4-12,14H,13,15H2,1-3H3,(H,29,30)/b28-14+. The van der Waals surface area contributed by atoms with Crippen LogP contribution < -0.4 is 14.9 Å². The lowest BCUT2D eigenvalue weighted by Gasteiger charge is -2.13. The van der Waals surface area contributed by atoms with Crippen molar-refractivity contribution in [3.63, 3.8) is 0 Å². The fraction of sp³-hybridized carbons (Fsp3) is 0.200. The van der Waals surface area contributed by atoms with Gasteiger partial charge in [-0.3, -0.25) is 4.79 Å². The molecule has 3 aromatic rings. The Morgan fingerprint density at radius 1 is 1.09 bits per heavy atom. The first-order chi connectivity index (χ1) is 15.4. The van der Waals surface area contributed by atoms with E-state index in [1.807, 2.05) is 44.2 Å². The minimum Gasteiger partial charge on any atom is -0.493 e. The summed E-state index contributed by atoms with van der Waals surface area (Å²) in [5, 5.41) is 5.04. The fourth-order valence-electron chi connectivity index (χ4n) is 3.17. The summed E-state index contributed by atoms with van der Waals surface area (Å²) in [7, 11) is 1.53. The smallest absolute Gasteiger partial charge is 0.244 e. The van der Waals surface area contributed by atoms with Crippen LogP contribution in [0.4, 0.5) is 0 Å². The van der Waals surface area contributed by atoms with Gasteiger partial charge in [-0.05, 0) is 60.4 Å². The second-order valence-corrected chi connectivity index (χ2v) is 8.20. The number of carbonyl (C=O) groups is 1. The molecule has 0 aliphatic rings. The van der Waals surface area contributed by atoms with E-state index in [4.69, 9.17) is 32.7 Å². The van der Waals surface area contributed by atoms with Gasteiger partial charge < -0.3 is 9.47 Å². The maximum atomic E-state index is 12.2. The minimum absolute atomic E-state index is 0.201. The molecule has 0 unspecified atom stereocenters. The van der Waals surface area contributed by atoms with E-state index in [2.05, 4.69) is 16.6 Å². The maximum Gasteiger partial charge on any atom is 0.244 e. The highest BCUT2D eigenvalue weighted by Crippen LogP contribution is 2.36. The molecule has 0 saturated heterocycles. The molecule has 0 saturated carbocycles. The Kier molecular flexibility index (Phi) is 8.14. The summed E-state index contributed by atoms with van der Waals surface area (Å²) in [6.07, 6.45) is 1.76. The van der Waals surface area contributed by atoms with Gasteiger partial charge in [0.1, 0.15) is 6.61 Å². The normalized spacial score (nSPS) is 10.9. The van der Waals surface area contributed by atoms with Gasteiger partial charge >= 0.3 is 0 Å². The highest BCUT2D eigenvalue weighted by Gasteiger charge is 2.12. The number of aryl methyl sites for hydroxylation is 2. The number of ether oxygens (including phenoxy) is 2. The Hall–Kier alpha value is -3.02. The molecule has 0 fully saturated rings. The van der Waals surface area contributed by atoms with Gasteiger partial charge in [0.05, 0.1) is 24.8 Å². The van der Waals surface area contributed by atoms with Crippen molar-refractivity contribution >= 4 is 35.3 Å². The monoisotopic (exact) mass is 470 g/mol. The number of benzene rings is 3. The predicted molar refractivity (Wildman–Crippen MR) is 129 cm³/mol. The molecule has 5 nitrogen and oxygen atoms in total. The van der Waals surface area contributed by atoms with Crippen LogP contribution in [-0.2, 0) is 17.8 Å². The first-order valence-electron chi connectivity index (χ1n) is 9.98. The van der Waals surface area contributed by atoms with E-state index >= 15 is 0 Å². The number of nitrogens with zero attached hydrogens (tertiary/aromatic N) is 1. The molecular formula is C25H24Cl2N2O3. The van der Waals surface area contributed by atoms with Crippen LogP contribution in [0.25, 0.3) is 0 Å². The summed E-state index contributed by atoms with van der Waals surface area (Å²) in [5.74, 6) is 0.681. The van der Waals surface area contributed by atoms with Gasteiger partial charge in [-0.2, -0.15) is 5.10 Å². The van der Waals surface area contributed by atoms with Crippen LogP contribution in [0.2, 0.25) is 10.0 Å². The Morgan fingerprint density at radius 3 is 2.62 bits per heavy atom. The van der Waals surface area contributed by atoms with Crippen LogP contribution in [-0.4, -0.2) is 19.2 Å². The summed E-state index contributed by atoms with van der Waals surface area (Å²) in [4.78, 5) is 12.2. The minimum atomic E-state index is -0.201. The molecule has 0 radical (unpaired) electrons. The molecule has 166 valence electrons. The molecule has 3 rings (SSSR count). The molecule has 1 N–H and O–H groups in total. The molecule has 0 bridgehead atoms. The molecule has 0 aliphatic carbocycles. The van der Waals surface area contributed by atoms with Crippen LogP contribution in [0.5, 0.6) is 11.5 Å². The Bertz CT molecular complexity index is 1150. The van der Waals surface area contributed by atoms with E-state index < -0.39 is 0 Å². The van der Waals surface area contributed by atoms with Crippen LogP contribution in [0.15, 0.2) is 59.7 Å². The Labute approximate surface area is 198 Å². The number of methoxy groups -OCH3 is 1. The summed E-state index contributed by atoms with van der Waals surface area (Å²) >= 11 is 12.4. The van der Waals surface area contributed by atoms with Crippen LogP contribution in [0.1, 0.15) is 27.8 Å². The fourth-order valence-corrected chi connectivity index (χ4v) is 3.66. The van der Waals surface area contributed by atoms with E-state index in [1.165, 1.54) is 13.3 Å². The van der Waals surface area contributed by atoms with Crippen molar-refractivity contribution < 1.29 is 14.3 Å². The van der Waals surface area contributed by atoms with E-state index in [9.17, 15) is 4.79 Å². The van der Waals surface area contributed by atoms with Crippen molar-refractivity contribution in [2.24, 2.45) is 5.10 Å². The summed E-state index contributed by atoms with van der Waals surface area (Å²) < 4.78 is 11.3. The summed E-state index contributed by atoms with van der Waals surface area (Å²) in [5.41, 5.74) is 7.33. The number of nitrogens with one attached hydrogen (secondary N) is 1.